The maximum absolute atomic E-state index is 12.4. The van der Waals surface area contributed by atoms with Crippen molar-refractivity contribution in [1.82, 2.24) is 10.3 Å². The molecule has 0 aliphatic carbocycles. The monoisotopic (exact) mass is 285 g/mol. The molecule has 4 nitrogen and oxygen atoms in total. The molecule has 21 heavy (non-hydrogen) atoms. The molecule has 0 radical (unpaired) electrons. The van der Waals surface area contributed by atoms with E-state index in [4.69, 9.17) is 5.73 Å². The quantitative estimate of drug-likeness (QED) is 0.885. The Bertz CT molecular complexity index is 635. The highest BCUT2D eigenvalue weighted by molar-refractivity contribution is 5.99. The van der Waals surface area contributed by atoms with Crippen LogP contribution in [0.15, 0.2) is 30.3 Å². The molecule has 0 saturated heterocycles. The maximum Gasteiger partial charge on any atom is 0.270 e. The summed E-state index contributed by atoms with van der Waals surface area (Å²) in [6.07, 6.45) is 2.09. The van der Waals surface area contributed by atoms with Gasteiger partial charge in [0.2, 0.25) is 0 Å². The minimum Gasteiger partial charge on any atom is -0.383 e. The number of hydrogen-bond donors (Lipinski definition) is 2. The van der Waals surface area contributed by atoms with Gasteiger partial charge in [0.15, 0.2) is 0 Å². The maximum atomic E-state index is 12.4. The molecule has 2 rings (SSSR count). The van der Waals surface area contributed by atoms with Crippen molar-refractivity contribution in [2.45, 2.75) is 39.7 Å². The van der Waals surface area contributed by atoms with E-state index in [1.165, 1.54) is 0 Å². The first kappa shape index (κ1) is 15.3. The standard InChI is InChI=1S/C17H23N3O/c1-4-12(5-2)11(3)19-17(21)15-10-13-8-6-7-9-14(13)16(18)20-15/h6-12H,4-5H2,1-3H3,(H2,18,20)(H,19,21). The summed E-state index contributed by atoms with van der Waals surface area (Å²) in [6, 6.07) is 9.61. The lowest BCUT2D eigenvalue weighted by Crippen LogP contribution is -2.38. The van der Waals surface area contributed by atoms with Gasteiger partial charge in [0.1, 0.15) is 11.5 Å². The normalized spacial score (nSPS) is 12.6. The minimum atomic E-state index is -0.160. The van der Waals surface area contributed by atoms with Crippen molar-refractivity contribution in [3.63, 3.8) is 0 Å². The number of nitrogens with one attached hydrogen (secondary N) is 1. The summed E-state index contributed by atoms with van der Waals surface area (Å²) < 4.78 is 0. The SMILES string of the molecule is CCC(CC)C(C)NC(=O)c1cc2ccccc2c(N)n1. The number of anilines is 1. The molecular formula is C17H23N3O. The molecule has 3 N–H and O–H groups in total. The molecule has 0 saturated carbocycles. The molecule has 1 amide bonds. The fraction of sp³-hybridized carbons (Fsp3) is 0.412. The summed E-state index contributed by atoms with van der Waals surface area (Å²) in [6.45, 7) is 6.33. The van der Waals surface area contributed by atoms with Gasteiger partial charge in [-0.05, 0) is 24.3 Å². The van der Waals surface area contributed by atoms with Crippen LogP contribution in [0.5, 0.6) is 0 Å². The van der Waals surface area contributed by atoms with E-state index < -0.39 is 0 Å². The summed E-state index contributed by atoms with van der Waals surface area (Å²) in [5.74, 6) is 0.715. The molecule has 0 aliphatic rings. The Kier molecular flexibility index (Phi) is 4.78. The molecule has 0 fully saturated rings. The van der Waals surface area contributed by atoms with Crippen LogP contribution < -0.4 is 11.1 Å². The van der Waals surface area contributed by atoms with E-state index in [2.05, 4.69) is 24.1 Å². The number of benzene rings is 1. The highest BCUT2D eigenvalue weighted by Crippen LogP contribution is 2.20. The largest absolute Gasteiger partial charge is 0.383 e. The summed E-state index contributed by atoms with van der Waals surface area (Å²) >= 11 is 0. The number of nitrogens with two attached hydrogens (primary N) is 1. The average molecular weight is 285 g/mol. The van der Waals surface area contributed by atoms with E-state index in [-0.39, 0.29) is 11.9 Å². The van der Waals surface area contributed by atoms with Crippen LogP contribution in [0, 0.1) is 5.92 Å². The Morgan fingerprint density at radius 3 is 2.62 bits per heavy atom. The lowest BCUT2D eigenvalue weighted by molar-refractivity contribution is 0.0920. The van der Waals surface area contributed by atoms with E-state index in [9.17, 15) is 4.79 Å². The number of fused-ring (bicyclic) bond motifs is 1. The Morgan fingerprint density at radius 1 is 1.29 bits per heavy atom. The number of carbonyl (C=O) groups excluding carboxylic acids is 1. The molecule has 0 spiro atoms. The van der Waals surface area contributed by atoms with Gasteiger partial charge in [-0.2, -0.15) is 0 Å². The Morgan fingerprint density at radius 2 is 1.95 bits per heavy atom. The fourth-order valence-corrected chi connectivity index (χ4v) is 2.74. The van der Waals surface area contributed by atoms with Crippen molar-refractivity contribution in [2.24, 2.45) is 5.92 Å². The van der Waals surface area contributed by atoms with Gasteiger partial charge in [0.05, 0.1) is 0 Å². The predicted molar refractivity (Wildman–Crippen MR) is 87.2 cm³/mol. The molecule has 1 atom stereocenters. The van der Waals surface area contributed by atoms with Crippen molar-refractivity contribution in [3.8, 4) is 0 Å². The molecule has 2 aromatic rings. The van der Waals surface area contributed by atoms with Crippen LogP contribution in [-0.4, -0.2) is 16.9 Å². The van der Waals surface area contributed by atoms with Gasteiger partial charge in [-0.1, -0.05) is 51.0 Å². The third-order valence-electron chi connectivity index (χ3n) is 4.12. The van der Waals surface area contributed by atoms with Crippen LogP contribution in [0.1, 0.15) is 44.1 Å². The molecule has 4 heteroatoms. The van der Waals surface area contributed by atoms with Gasteiger partial charge in [0, 0.05) is 11.4 Å². The Balaban J connectivity index is 2.23. The zero-order valence-corrected chi connectivity index (χ0v) is 12.9. The lowest BCUT2D eigenvalue weighted by Gasteiger charge is -2.22. The molecule has 112 valence electrons. The molecule has 1 unspecified atom stereocenters. The van der Waals surface area contributed by atoms with Crippen LogP contribution in [0.2, 0.25) is 0 Å². The van der Waals surface area contributed by atoms with E-state index in [1.54, 1.807) is 6.07 Å². The summed E-state index contributed by atoms with van der Waals surface area (Å²) in [7, 11) is 0. The van der Waals surface area contributed by atoms with E-state index in [0.29, 0.717) is 17.4 Å². The van der Waals surface area contributed by atoms with Gasteiger partial charge in [-0.15, -0.1) is 0 Å². The first-order valence-electron chi connectivity index (χ1n) is 7.52. The Hall–Kier alpha value is -2.10. The summed E-state index contributed by atoms with van der Waals surface area (Å²) in [5, 5.41) is 4.85. The molecule has 0 bridgehead atoms. The van der Waals surface area contributed by atoms with E-state index in [1.807, 2.05) is 31.2 Å². The van der Waals surface area contributed by atoms with Crippen molar-refractivity contribution >= 4 is 22.5 Å². The number of hydrogen-bond acceptors (Lipinski definition) is 3. The Labute approximate surface area is 125 Å². The van der Waals surface area contributed by atoms with Crippen molar-refractivity contribution in [2.75, 3.05) is 5.73 Å². The van der Waals surface area contributed by atoms with Crippen LogP contribution in [0.4, 0.5) is 5.82 Å². The number of nitrogens with zero attached hydrogens (tertiary/aromatic N) is 1. The van der Waals surface area contributed by atoms with Crippen LogP contribution >= 0.6 is 0 Å². The number of nitrogen functional groups attached to an aromatic ring is 1. The predicted octanol–water partition coefficient (Wildman–Crippen LogP) is 3.37. The van der Waals surface area contributed by atoms with Crippen molar-refractivity contribution < 1.29 is 4.79 Å². The molecule has 0 aliphatic heterocycles. The van der Waals surface area contributed by atoms with Gasteiger partial charge < -0.3 is 11.1 Å². The number of carbonyl (C=O) groups is 1. The van der Waals surface area contributed by atoms with Gasteiger partial charge in [-0.25, -0.2) is 4.98 Å². The second kappa shape index (κ2) is 6.57. The minimum absolute atomic E-state index is 0.127. The molecule has 1 aromatic carbocycles. The van der Waals surface area contributed by atoms with Crippen LogP contribution in [0.3, 0.4) is 0 Å². The highest BCUT2D eigenvalue weighted by atomic mass is 16.1. The van der Waals surface area contributed by atoms with E-state index in [0.717, 1.165) is 23.6 Å². The number of rotatable bonds is 5. The van der Waals surface area contributed by atoms with Gasteiger partial charge in [-0.3, -0.25) is 4.79 Å². The topological polar surface area (TPSA) is 68.0 Å². The summed E-state index contributed by atoms with van der Waals surface area (Å²) in [4.78, 5) is 16.6. The lowest BCUT2D eigenvalue weighted by atomic mass is 9.95. The second-order valence-corrected chi connectivity index (χ2v) is 5.45. The zero-order valence-electron chi connectivity index (χ0n) is 12.9. The smallest absolute Gasteiger partial charge is 0.270 e. The van der Waals surface area contributed by atoms with Gasteiger partial charge >= 0.3 is 0 Å². The number of aromatic nitrogens is 1. The van der Waals surface area contributed by atoms with Crippen LogP contribution in [0.25, 0.3) is 10.8 Å². The average Bonchev–Trinajstić information content (AvgIpc) is 2.48. The number of pyridine rings is 1. The first-order chi connectivity index (χ1) is 10.1. The number of amides is 1. The molecular weight excluding hydrogens is 262 g/mol. The van der Waals surface area contributed by atoms with E-state index >= 15 is 0 Å². The third kappa shape index (κ3) is 3.32. The molecule has 1 heterocycles. The molecule has 1 aromatic heterocycles. The third-order valence-corrected chi connectivity index (χ3v) is 4.12. The fourth-order valence-electron chi connectivity index (χ4n) is 2.74. The highest BCUT2D eigenvalue weighted by Gasteiger charge is 2.18. The second-order valence-electron chi connectivity index (χ2n) is 5.45. The summed E-state index contributed by atoms with van der Waals surface area (Å²) in [5.41, 5.74) is 6.33. The first-order valence-corrected chi connectivity index (χ1v) is 7.52. The van der Waals surface area contributed by atoms with Gasteiger partial charge in [0.25, 0.3) is 5.91 Å². The zero-order chi connectivity index (χ0) is 15.4. The van der Waals surface area contributed by atoms with Crippen LogP contribution in [-0.2, 0) is 0 Å². The van der Waals surface area contributed by atoms with Crippen molar-refractivity contribution in [1.29, 1.82) is 0 Å². The van der Waals surface area contributed by atoms with Crippen molar-refractivity contribution in [3.05, 3.63) is 36.0 Å².